The van der Waals surface area contributed by atoms with Gasteiger partial charge in [-0.2, -0.15) is 0 Å². The molecule has 1 aromatic carbocycles. The number of nitrogens with one attached hydrogen (secondary N) is 1. The second-order valence-electron chi connectivity index (χ2n) is 6.22. The van der Waals surface area contributed by atoms with Crippen LogP contribution in [-0.2, 0) is 16.0 Å². The molecule has 1 aliphatic heterocycles. The molecule has 3 rings (SSSR count). The van der Waals surface area contributed by atoms with Crippen molar-refractivity contribution in [2.24, 2.45) is 0 Å². The van der Waals surface area contributed by atoms with Gasteiger partial charge in [0.15, 0.2) is 5.16 Å². The lowest BCUT2D eigenvalue weighted by atomic mass is 10.1. The second-order valence-corrected chi connectivity index (χ2v) is 7.16. The third-order valence-electron chi connectivity index (χ3n) is 4.07. The molecule has 132 valence electrons. The minimum atomic E-state index is -0.0929. The first kappa shape index (κ1) is 17.5. The van der Waals surface area contributed by atoms with Gasteiger partial charge in [0, 0.05) is 30.9 Å². The van der Waals surface area contributed by atoms with E-state index in [0.717, 1.165) is 28.5 Å². The van der Waals surface area contributed by atoms with Crippen LogP contribution in [0.2, 0.25) is 0 Å². The quantitative estimate of drug-likeness (QED) is 0.830. The molecule has 0 unspecified atom stereocenters. The van der Waals surface area contributed by atoms with Crippen LogP contribution in [0.4, 0.5) is 11.4 Å². The number of amides is 2. The van der Waals surface area contributed by atoms with Crippen molar-refractivity contribution in [3.05, 3.63) is 30.1 Å². The Labute approximate surface area is 150 Å². The molecule has 8 heteroatoms. The summed E-state index contributed by atoms with van der Waals surface area (Å²) in [5.41, 5.74) is 2.77. The van der Waals surface area contributed by atoms with Crippen LogP contribution in [0.25, 0.3) is 0 Å². The van der Waals surface area contributed by atoms with E-state index < -0.39 is 0 Å². The maximum atomic E-state index is 12.2. The first-order chi connectivity index (χ1) is 12.0. The van der Waals surface area contributed by atoms with Crippen LogP contribution in [-0.4, -0.2) is 38.9 Å². The standard InChI is InChI=1S/C17H21N5O2S/c1-11(2)22-10-18-20-17(22)25-9-16(24)19-14-4-5-15-13(8-14)6-7-21(15)12(3)23/h4-5,8,10-11H,6-7,9H2,1-3H3,(H,19,24). The van der Waals surface area contributed by atoms with Gasteiger partial charge in [-0.1, -0.05) is 11.8 Å². The number of hydrogen-bond acceptors (Lipinski definition) is 5. The Hall–Kier alpha value is -2.35. The van der Waals surface area contributed by atoms with Crippen LogP contribution in [0.3, 0.4) is 0 Å². The topological polar surface area (TPSA) is 80.1 Å². The normalized spacial score (nSPS) is 13.2. The van der Waals surface area contributed by atoms with E-state index in [2.05, 4.69) is 15.5 Å². The van der Waals surface area contributed by atoms with Gasteiger partial charge in [-0.15, -0.1) is 10.2 Å². The zero-order valence-electron chi connectivity index (χ0n) is 14.5. The fourth-order valence-electron chi connectivity index (χ4n) is 2.82. The number of nitrogens with zero attached hydrogens (tertiary/aromatic N) is 4. The zero-order chi connectivity index (χ0) is 18.0. The molecule has 2 amide bonds. The number of anilines is 2. The molecule has 0 fully saturated rings. The molecule has 0 saturated heterocycles. The molecular formula is C17H21N5O2S. The molecule has 1 N–H and O–H groups in total. The van der Waals surface area contributed by atoms with Gasteiger partial charge < -0.3 is 14.8 Å². The number of aromatic nitrogens is 3. The number of thioether (sulfide) groups is 1. The van der Waals surface area contributed by atoms with Crippen LogP contribution >= 0.6 is 11.8 Å². The summed E-state index contributed by atoms with van der Waals surface area (Å²) in [4.78, 5) is 25.6. The molecule has 0 bridgehead atoms. The fourth-order valence-corrected chi connectivity index (χ4v) is 3.67. The lowest BCUT2D eigenvalue weighted by Gasteiger charge is -2.15. The minimum Gasteiger partial charge on any atom is -0.325 e. The number of carbonyl (C=O) groups is 2. The SMILES string of the molecule is CC(=O)N1CCc2cc(NC(=O)CSc3nncn3C(C)C)ccc21. The van der Waals surface area contributed by atoms with Gasteiger partial charge in [0.05, 0.1) is 5.75 Å². The summed E-state index contributed by atoms with van der Waals surface area (Å²) < 4.78 is 1.93. The van der Waals surface area contributed by atoms with Crippen LogP contribution in [0.5, 0.6) is 0 Å². The molecule has 0 aliphatic carbocycles. The Morgan fingerprint density at radius 3 is 2.88 bits per heavy atom. The van der Waals surface area contributed by atoms with Gasteiger partial charge in [-0.25, -0.2) is 0 Å². The van der Waals surface area contributed by atoms with Crippen molar-refractivity contribution in [3.63, 3.8) is 0 Å². The lowest BCUT2D eigenvalue weighted by Crippen LogP contribution is -2.25. The van der Waals surface area contributed by atoms with Crippen LogP contribution in [0.15, 0.2) is 29.7 Å². The first-order valence-corrected chi connectivity index (χ1v) is 9.17. The molecule has 2 heterocycles. The zero-order valence-corrected chi connectivity index (χ0v) is 15.3. The Bertz CT molecular complexity index is 802. The Balaban J connectivity index is 1.60. The Morgan fingerprint density at radius 2 is 2.16 bits per heavy atom. The predicted octanol–water partition coefficient (Wildman–Crippen LogP) is 2.50. The van der Waals surface area contributed by atoms with E-state index in [1.807, 2.05) is 36.6 Å². The molecular weight excluding hydrogens is 338 g/mol. The smallest absolute Gasteiger partial charge is 0.234 e. The summed E-state index contributed by atoms with van der Waals surface area (Å²) >= 11 is 1.36. The molecule has 1 aliphatic rings. The number of benzene rings is 1. The highest BCUT2D eigenvalue weighted by Gasteiger charge is 2.22. The van der Waals surface area contributed by atoms with Crippen molar-refractivity contribution in [2.75, 3.05) is 22.5 Å². The third-order valence-corrected chi connectivity index (χ3v) is 5.03. The second kappa shape index (κ2) is 7.26. The predicted molar refractivity (Wildman–Crippen MR) is 97.9 cm³/mol. The van der Waals surface area contributed by atoms with E-state index in [1.165, 1.54) is 11.8 Å². The van der Waals surface area contributed by atoms with Gasteiger partial charge in [-0.05, 0) is 44.0 Å². The van der Waals surface area contributed by atoms with E-state index >= 15 is 0 Å². The number of hydrogen-bond donors (Lipinski definition) is 1. The van der Waals surface area contributed by atoms with Crippen LogP contribution in [0, 0.1) is 0 Å². The van der Waals surface area contributed by atoms with E-state index in [-0.39, 0.29) is 23.6 Å². The molecule has 0 saturated carbocycles. The van der Waals surface area contributed by atoms with E-state index in [0.29, 0.717) is 6.54 Å². The van der Waals surface area contributed by atoms with E-state index in [4.69, 9.17) is 0 Å². The van der Waals surface area contributed by atoms with Gasteiger partial charge >= 0.3 is 0 Å². The average Bonchev–Trinajstić information content (AvgIpc) is 3.19. The largest absolute Gasteiger partial charge is 0.325 e. The Kier molecular flexibility index (Phi) is 5.08. The summed E-state index contributed by atoms with van der Waals surface area (Å²) in [5.74, 6) is 0.216. The molecule has 2 aromatic rings. The summed E-state index contributed by atoms with van der Waals surface area (Å²) in [7, 11) is 0. The maximum absolute atomic E-state index is 12.2. The summed E-state index contributed by atoms with van der Waals surface area (Å²) in [6.45, 7) is 6.35. The maximum Gasteiger partial charge on any atom is 0.234 e. The molecule has 0 spiro atoms. The summed E-state index contributed by atoms with van der Waals surface area (Å²) in [6.07, 6.45) is 2.48. The van der Waals surface area contributed by atoms with Gasteiger partial charge in [0.2, 0.25) is 11.8 Å². The highest BCUT2D eigenvalue weighted by Crippen LogP contribution is 2.30. The van der Waals surface area contributed by atoms with Crippen molar-refractivity contribution < 1.29 is 9.59 Å². The van der Waals surface area contributed by atoms with Crippen molar-refractivity contribution in [1.82, 2.24) is 14.8 Å². The highest BCUT2D eigenvalue weighted by molar-refractivity contribution is 7.99. The van der Waals surface area contributed by atoms with Crippen molar-refractivity contribution in [1.29, 1.82) is 0 Å². The van der Waals surface area contributed by atoms with Gasteiger partial charge in [-0.3, -0.25) is 9.59 Å². The van der Waals surface area contributed by atoms with Crippen LogP contribution in [0.1, 0.15) is 32.4 Å². The average molecular weight is 359 g/mol. The highest BCUT2D eigenvalue weighted by atomic mass is 32.2. The number of fused-ring (bicyclic) bond motifs is 1. The van der Waals surface area contributed by atoms with Crippen molar-refractivity contribution >= 4 is 35.0 Å². The molecule has 0 atom stereocenters. The molecule has 1 aromatic heterocycles. The fraction of sp³-hybridized carbons (Fsp3) is 0.412. The van der Waals surface area contributed by atoms with Crippen molar-refractivity contribution in [2.45, 2.75) is 38.4 Å². The summed E-state index contributed by atoms with van der Waals surface area (Å²) in [5, 5.41) is 11.6. The summed E-state index contributed by atoms with van der Waals surface area (Å²) in [6, 6.07) is 5.92. The van der Waals surface area contributed by atoms with Gasteiger partial charge in [0.25, 0.3) is 0 Å². The monoisotopic (exact) mass is 359 g/mol. The minimum absolute atomic E-state index is 0.0428. The van der Waals surface area contributed by atoms with Crippen molar-refractivity contribution in [3.8, 4) is 0 Å². The lowest BCUT2D eigenvalue weighted by molar-refractivity contribution is -0.116. The number of carbonyl (C=O) groups excluding carboxylic acids is 2. The number of rotatable bonds is 5. The first-order valence-electron chi connectivity index (χ1n) is 8.19. The van der Waals surface area contributed by atoms with E-state index in [1.54, 1.807) is 18.2 Å². The van der Waals surface area contributed by atoms with Crippen LogP contribution < -0.4 is 10.2 Å². The van der Waals surface area contributed by atoms with Gasteiger partial charge in [0.1, 0.15) is 6.33 Å². The Morgan fingerprint density at radius 1 is 1.36 bits per heavy atom. The van der Waals surface area contributed by atoms with E-state index in [9.17, 15) is 9.59 Å². The molecule has 25 heavy (non-hydrogen) atoms. The molecule has 7 nitrogen and oxygen atoms in total. The third kappa shape index (κ3) is 3.84. The molecule has 0 radical (unpaired) electrons.